The Morgan fingerprint density at radius 3 is 2.64 bits per heavy atom. The zero-order valence-electron chi connectivity index (χ0n) is 26.6. The van der Waals surface area contributed by atoms with Crippen LogP contribution in [0.5, 0.6) is 6.01 Å². The molecule has 6 rings (SSSR count). The highest BCUT2D eigenvalue weighted by Gasteiger charge is 2.35. The normalized spacial score (nSPS) is 20.2. The standard InChI is InChI=1S/C35H43N7O3/c1-25-9-7-12-28(26(25)2)19-40-21-31-32(22-40)37-34(44-24-30-13-8-16-39(30)3)38-33(31)41-17-18-42(29(20-41)14-15-36)35(43)45-23-27-10-5-4-6-11-27/h4-7,9-12,29-30H,8,13-14,16-24H2,1-3H3/t29-,30-/m0/s1. The van der Waals surface area contributed by atoms with E-state index in [2.05, 4.69) is 59.9 Å². The van der Waals surface area contributed by atoms with Crippen LogP contribution in [-0.2, 0) is 31.0 Å². The molecule has 4 heterocycles. The third kappa shape index (κ3) is 7.05. The number of hydrogen-bond donors (Lipinski definition) is 0. The fraction of sp³-hybridized carbons (Fsp3) is 0.486. The number of likely N-dealkylation sites (N-methyl/N-ethyl adjacent to an activating group) is 1. The molecule has 0 bridgehead atoms. The minimum atomic E-state index is -0.393. The van der Waals surface area contributed by atoms with Crippen molar-refractivity contribution in [3.05, 3.63) is 82.0 Å². The van der Waals surface area contributed by atoms with Gasteiger partial charge in [0, 0.05) is 50.9 Å². The maximum Gasteiger partial charge on any atom is 0.410 e. The summed E-state index contributed by atoms with van der Waals surface area (Å²) in [7, 11) is 2.14. The van der Waals surface area contributed by atoms with Crippen LogP contribution in [0.15, 0.2) is 48.5 Å². The molecule has 1 aromatic heterocycles. The second-order valence-corrected chi connectivity index (χ2v) is 12.5. The third-order valence-electron chi connectivity index (χ3n) is 9.54. The third-order valence-corrected chi connectivity index (χ3v) is 9.54. The van der Waals surface area contributed by atoms with Gasteiger partial charge in [0.1, 0.15) is 19.0 Å². The van der Waals surface area contributed by atoms with Gasteiger partial charge in [0.2, 0.25) is 0 Å². The molecule has 0 unspecified atom stereocenters. The van der Waals surface area contributed by atoms with Gasteiger partial charge in [-0.1, -0.05) is 48.5 Å². The van der Waals surface area contributed by atoms with Crippen LogP contribution in [0.4, 0.5) is 10.6 Å². The summed E-state index contributed by atoms with van der Waals surface area (Å²) in [5.74, 6) is 0.846. The monoisotopic (exact) mass is 609 g/mol. The van der Waals surface area contributed by atoms with Crippen LogP contribution in [0.25, 0.3) is 0 Å². The van der Waals surface area contributed by atoms with Gasteiger partial charge in [-0.05, 0) is 62.5 Å². The quantitative estimate of drug-likeness (QED) is 0.338. The van der Waals surface area contributed by atoms with Crippen molar-refractivity contribution in [2.75, 3.05) is 44.7 Å². The molecule has 45 heavy (non-hydrogen) atoms. The fourth-order valence-electron chi connectivity index (χ4n) is 6.67. The van der Waals surface area contributed by atoms with E-state index >= 15 is 0 Å². The van der Waals surface area contributed by atoms with Crippen LogP contribution in [0.1, 0.15) is 52.8 Å². The molecule has 0 saturated carbocycles. The first-order valence-electron chi connectivity index (χ1n) is 16.0. The number of aromatic nitrogens is 2. The number of hydrogen-bond acceptors (Lipinski definition) is 9. The molecule has 0 N–H and O–H groups in total. The Balaban J connectivity index is 1.21. The highest BCUT2D eigenvalue weighted by Crippen LogP contribution is 2.34. The van der Waals surface area contributed by atoms with E-state index in [0.717, 1.165) is 48.7 Å². The van der Waals surface area contributed by atoms with E-state index in [-0.39, 0.29) is 19.1 Å². The van der Waals surface area contributed by atoms with Gasteiger partial charge in [0.15, 0.2) is 0 Å². The zero-order chi connectivity index (χ0) is 31.3. The van der Waals surface area contributed by atoms with E-state index in [4.69, 9.17) is 19.4 Å². The van der Waals surface area contributed by atoms with E-state index in [9.17, 15) is 10.1 Å². The van der Waals surface area contributed by atoms with Gasteiger partial charge in [-0.15, -0.1) is 0 Å². The van der Waals surface area contributed by atoms with Crippen LogP contribution in [0.2, 0.25) is 0 Å². The molecular weight excluding hydrogens is 566 g/mol. The van der Waals surface area contributed by atoms with Crippen LogP contribution < -0.4 is 9.64 Å². The highest BCUT2D eigenvalue weighted by atomic mass is 16.6. The number of nitriles is 1. The second-order valence-electron chi connectivity index (χ2n) is 12.5. The van der Waals surface area contributed by atoms with E-state index in [0.29, 0.717) is 44.8 Å². The SMILES string of the molecule is Cc1cccc(CN2Cc3nc(OC[C@@H]4CCCN4C)nc(N4CCN(C(=O)OCc5ccccc5)[C@@H](CC#N)C4)c3C2)c1C. The molecule has 3 aromatic rings. The van der Waals surface area contributed by atoms with Gasteiger partial charge in [-0.3, -0.25) is 4.90 Å². The molecule has 2 saturated heterocycles. The van der Waals surface area contributed by atoms with Crippen molar-refractivity contribution in [1.29, 1.82) is 5.26 Å². The Bertz CT molecular complexity index is 1540. The Kier molecular flexibility index (Phi) is 9.47. The average Bonchev–Trinajstić information content (AvgIpc) is 3.66. The van der Waals surface area contributed by atoms with Gasteiger partial charge in [-0.25, -0.2) is 4.79 Å². The number of ether oxygens (including phenoxy) is 2. The maximum absolute atomic E-state index is 13.2. The number of carbonyl (C=O) groups is 1. The van der Waals surface area contributed by atoms with E-state index < -0.39 is 6.09 Å². The molecule has 2 aromatic carbocycles. The molecule has 236 valence electrons. The summed E-state index contributed by atoms with van der Waals surface area (Å²) in [6, 6.07) is 18.9. The summed E-state index contributed by atoms with van der Waals surface area (Å²) in [5, 5.41) is 9.69. The van der Waals surface area contributed by atoms with Gasteiger partial charge >= 0.3 is 12.1 Å². The fourth-order valence-corrected chi connectivity index (χ4v) is 6.67. The smallest absolute Gasteiger partial charge is 0.410 e. The Morgan fingerprint density at radius 1 is 1.02 bits per heavy atom. The number of carbonyl (C=O) groups excluding carboxylic acids is 1. The first-order chi connectivity index (χ1) is 21.9. The van der Waals surface area contributed by atoms with E-state index in [1.807, 2.05) is 30.3 Å². The van der Waals surface area contributed by atoms with Crippen molar-refractivity contribution >= 4 is 11.9 Å². The molecule has 0 radical (unpaired) electrons. The van der Waals surface area contributed by atoms with Crippen LogP contribution in [0, 0.1) is 25.2 Å². The molecule has 10 nitrogen and oxygen atoms in total. The number of likely N-dealkylation sites (tertiary alicyclic amines) is 1. The Hall–Kier alpha value is -4.20. The number of rotatable bonds is 9. The van der Waals surface area contributed by atoms with Gasteiger partial charge < -0.3 is 24.2 Å². The number of anilines is 1. The van der Waals surface area contributed by atoms with Crippen molar-refractivity contribution in [1.82, 2.24) is 24.7 Å². The van der Waals surface area contributed by atoms with E-state index in [1.165, 1.54) is 23.1 Å². The molecule has 1 amide bonds. The molecule has 0 aliphatic carbocycles. The first kappa shape index (κ1) is 30.8. The number of amides is 1. The molecule has 3 aliphatic heterocycles. The molecular formula is C35H43N7O3. The number of nitrogens with zero attached hydrogens (tertiary/aromatic N) is 7. The maximum atomic E-state index is 13.2. The molecule has 3 aliphatic rings. The Morgan fingerprint density at radius 2 is 1.87 bits per heavy atom. The summed E-state index contributed by atoms with van der Waals surface area (Å²) in [6.45, 7) is 9.94. The van der Waals surface area contributed by atoms with Gasteiger partial charge in [0.25, 0.3) is 0 Å². The van der Waals surface area contributed by atoms with Crippen molar-refractivity contribution in [2.24, 2.45) is 0 Å². The largest absolute Gasteiger partial charge is 0.462 e. The number of aryl methyl sites for hydroxylation is 1. The van der Waals surface area contributed by atoms with Crippen LogP contribution in [-0.4, -0.2) is 82.7 Å². The van der Waals surface area contributed by atoms with Crippen molar-refractivity contribution in [2.45, 2.75) is 71.4 Å². The summed E-state index contributed by atoms with van der Waals surface area (Å²) >= 11 is 0. The molecule has 10 heteroatoms. The number of fused-ring (bicyclic) bond motifs is 1. The van der Waals surface area contributed by atoms with Crippen LogP contribution in [0.3, 0.4) is 0 Å². The lowest BCUT2D eigenvalue weighted by molar-refractivity contribution is 0.0767. The molecule has 2 atom stereocenters. The van der Waals surface area contributed by atoms with Crippen molar-refractivity contribution in [3.8, 4) is 12.1 Å². The van der Waals surface area contributed by atoms with Crippen molar-refractivity contribution in [3.63, 3.8) is 0 Å². The Labute approximate surface area is 266 Å². The molecule has 0 spiro atoms. The van der Waals surface area contributed by atoms with Gasteiger partial charge in [-0.2, -0.15) is 15.2 Å². The lowest BCUT2D eigenvalue weighted by Gasteiger charge is -2.41. The van der Waals surface area contributed by atoms with Gasteiger partial charge in [0.05, 0.1) is 24.2 Å². The second kappa shape index (κ2) is 13.8. The summed E-state index contributed by atoms with van der Waals surface area (Å²) < 4.78 is 11.9. The predicted octanol–water partition coefficient (Wildman–Crippen LogP) is 4.82. The van der Waals surface area contributed by atoms with Crippen molar-refractivity contribution < 1.29 is 14.3 Å². The lowest BCUT2D eigenvalue weighted by Crippen LogP contribution is -2.55. The minimum absolute atomic E-state index is 0.200. The van der Waals surface area contributed by atoms with E-state index in [1.54, 1.807) is 4.90 Å². The molecule has 2 fully saturated rings. The topological polar surface area (TPSA) is 98.1 Å². The summed E-state index contributed by atoms with van der Waals surface area (Å²) in [6.07, 6.45) is 2.10. The first-order valence-corrected chi connectivity index (χ1v) is 16.0. The highest BCUT2D eigenvalue weighted by molar-refractivity contribution is 5.69. The number of benzene rings is 2. The summed E-state index contributed by atoms with van der Waals surface area (Å²) in [4.78, 5) is 31.7. The minimum Gasteiger partial charge on any atom is -0.462 e. The number of piperazine rings is 1. The van der Waals surface area contributed by atoms with Crippen LogP contribution >= 0.6 is 0 Å². The summed E-state index contributed by atoms with van der Waals surface area (Å²) in [5.41, 5.74) is 6.94. The lowest BCUT2D eigenvalue weighted by atomic mass is 10.0. The zero-order valence-corrected chi connectivity index (χ0v) is 26.6. The predicted molar refractivity (Wildman–Crippen MR) is 172 cm³/mol. The average molecular weight is 610 g/mol.